The van der Waals surface area contributed by atoms with Crippen LogP contribution in [0.15, 0.2) is 54.6 Å². The molecule has 1 aromatic heterocycles. The molecule has 0 bridgehead atoms. The summed E-state index contributed by atoms with van der Waals surface area (Å²) < 4.78 is 10.9. The predicted molar refractivity (Wildman–Crippen MR) is 116 cm³/mol. The average molecular weight is 399 g/mol. The fourth-order valence-electron chi connectivity index (χ4n) is 4.32. The minimum Gasteiger partial charge on any atom is -0.454 e. The molecule has 1 aliphatic carbocycles. The third-order valence-corrected chi connectivity index (χ3v) is 6.37. The molecule has 4 nitrogen and oxygen atoms in total. The summed E-state index contributed by atoms with van der Waals surface area (Å²) in [7, 11) is 0. The van der Waals surface area contributed by atoms with Crippen molar-refractivity contribution >= 4 is 5.78 Å². The molecule has 5 rings (SSSR count). The molecule has 2 heterocycles. The Morgan fingerprint density at radius 1 is 1.00 bits per heavy atom. The highest BCUT2D eigenvalue weighted by Crippen LogP contribution is 2.51. The number of hydrogen-bond donors (Lipinski definition) is 0. The van der Waals surface area contributed by atoms with Crippen LogP contribution in [0.2, 0.25) is 0 Å². The SMILES string of the molecule is CCc1ccc(-c2ccc(CC(=O)C3(c4ccc5c(c4)OCO5)CC3)nc2C)cc1. The summed E-state index contributed by atoms with van der Waals surface area (Å²) in [6, 6.07) is 18.6. The van der Waals surface area contributed by atoms with Crippen molar-refractivity contribution in [2.75, 3.05) is 6.79 Å². The maximum Gasteiger partial charge on any atom is 0.231 e. The van der Waals surface area contributed by atoms with E-state index in [1.807, 2.05) is 31.2 Å². The van der Waals surface area contributed by atoms with Gasteiger partial charge in [0.15, 0.2) is 11.5 Å². The topological polar surface area (TPSA) is 48.4 Å². The number of ether oxygens (including phenoxy) is 2. The lowest BCUT2D eigenvalue weighted by molar-refractivity contribution is -0.120. The number of aryl methyl sites for hydroxylation is 2. The third kappa shape index (κ3) is 3.26. The molecule has 1 saturated carbocycles. The summed E-state index contributed by atoms with van der Waals surface area (Å²) in [4.78, 5) is 18.0. The van der Waals surface area contributed by atoms with Gasteiger partial charge in [-0.25, -0.2) is 0 Å². The summed E-state index contributed by atoms with van der Waals surface area (Å²) in [5.41, 5.74) is 6.02. The van der Waals surface area contributed by atoms with Gasteiger partial charge in [0.2, 0.25) is 6.79 Å². The van der Waals surface area contributed by atoms with Crippen molar-refractivity contribution in [3.8, 4) is 22.6 Å². The number of hydrogen-bond acceptors (Lipinski definition) is 4. The summed E-state index contributed by atoms with van der Waals surface area (Å²) in [6.45, 7) is 4.42. The van der Waals surface area contributed by atoms with Crippen molar-refractivity contribution in [1.29, 1.82) is 0 Å². The van der Waals surface area contributed by atoms with Gasteiger partial charge in [0.05, 0.1) is 5.41 Å². The minimum atomic E-state index is -0.398. The van der Waals surface area contributed by atoms with E-state index in [9.17, 15) is 4.79 Å². The second-order valence-corrected chi connectivity index (χ2v) is 8.24. The van der Waals surface area contributed by atoms with Gasteiger partial charge in [-0.3, -0.25) is 9.78 Å². The van der Waals surface area contributed by atoms with E-state index in [0.717, 1.165) is 58.8 Å². The first-order valence-electron chi connectivity index (χ1n) is 10.6. The zero-order valence-electron chi connectivity index (χ0n) is 17.4. The molecule has 0 atom stereocenters. The second kappa shape index (κ2) is 7.28. The molecule has 0 amide bonds. The maximum atomic E-state index is 13.2. The molecular formula is C26H25NO3. The molecular weight excluding hydrogens is 374 g/mol. The predicted octanol–water partition coefficient (Wildman–Crippen LogP) is 5.19. The summed E-state index contributed by atoms with van der Waals surface area (Å²) in [5.74, 6) is 1.72. The van der Waals surface area contributed by atoms with Gasteiger partial charge in [-0.2, -0.15) is 0 Å². The number of benzene rings is 2. The first-order valence-corrected chi connectivity index (χ1v) is 10.6. The zero-order chi connectivity index (χ0) is 20.7. The Bertz CT molecular complexity index is 1110. The van der Waals surface area contributed by atoms with Crippen molar-refractivity contribution in [2.24, 2.45) is 0 Å². The number of ketones is 1. The fourth-order valence-corrected chi connectivity index (χ4v) is 4.32. The van der Waals surface area contributed by atoms with E-state index in [-0.39, 0.29) is 12.6 Å². The molecule has 2 aliphatic rings. The van der Waals surface area contributed by atoms with Gasteiger partial charge >= 0.3 is 0 Å². The van der Waals surface area contributed by atoms with Crippen molar-refractivity contribution in [1.82, 2.24) is 4.98 Å². The molecule has 2 aromatic carbocycles. The van der Waals surface area contributed by atoms with E-state index < -0.39 is 5.41 Å². The van der Waals surface area contributed by atoms with Crippen LogP contribution < -0.4 is 9.47 Å². The lowest BCUT2D eigenvalue weighted by Gasteiger charge is -2.15. The first-order chi connectivity index (χ1) is 14.6. The Hall–Kier alpha value is -3.14. The van der Waals surface area contributed by atoms with Gasteiger partial charge in [0.1, 0.15) is 5.78 Å². The molecule has 0 saturated heterocycles. The number of carbonyl (C=O) groups is 1. The molecule has 152 valence electrons. The van der Waals surface area contributed by atoms with Crippen LogP contribution in [-0.2, 0) is 23.1 Å². The normalized spacial score (nSPS) is 15.8. The van der Waals surface area contributed by atoms with Crippen molar-refractivity contribution in [3.05, 3.63) is 77.1 Å². The second-order valence-electron chi connectivity index (χ2n) is 8.24. The van der Waals surface area contributed by atoms with Crippen LogP contribution in [0, 0.1) is 6.92 Å². The van der Waals surface area contributed by atoms with Gasteiger partial charge in [0.25, 0.3) is 0 Å². The van der Waals surface area contributed by atoms with Crippen molar-refractivity contribution in [3.63, 3.8) is 0 Å². The van der Waals surface area contributed by atoms with Gasteiger partial charge in [0, 0.05) is 23.4 Å². The third-order valence-electron chi connectivity index (χ3n) is 6.37. The molecule has 30 heavy (non-hydrogen) atoms. The average Bonchev–Trinajstić information content (AvgIpc) is 3.45. The molecule has 3 aromatic rings. The van der Waals surface area contributed by atoms with E-state index in [2.05, 4.69) is 37.3 Å². The highest BCUT2D eigenvalue weighted by molar-refractivity contribution is 5.94. The van der Waals surface area contributed by atoms with Gasteiger partial charge in [-0.1, -0.05) is 43.3 Å². The number of aromatic nitrogens is 1. The maximum absolute atomic E-state index is 13.2. The summed E-state index contributed by atoms with van der Waals surface area (Å²) in [6.07, 6.45) is 3.15. The summed E-state index contributed by atoms with van der Waals surface area (Å²) >= 11 is 0. The monoisotopic (exact) mass is 399 g/mol. The lowest BCUT2D eigenvalue weighted by atomic mass is 9.88. The Morgan fingerprint density at radius 2 is 1.77 bits per heavy atom. The van der Waals surface area contributed by atoms with Gasteiger partial charge < -0.3 is 9.47 Å². The smallest absolute Gasteiger partial charge is 0.231 e. The van der Waals surface area contributed by atoms with E-state index in [1.165, 1.54) is 5.56 Å². The van der Waals surface area contributed by atoms with E-state index in [1.54, 1.807) is 0 Å². The molecule has 1 aliphatic heterocycles. The van der Waals surface area contributed by atoms with E-state index >= 15 is 0 Å². The van der Waals surface area contributed by atoms with Crippen LogP contribution in [0.5, 0.6) is 11.5 Å². The molecule has 0 spiro atoms. The van der Waals surface area contributed by atoms with Crippen LogP contribution >= 0.6 is 0 Å². The Labute approximate surface area is 176 Å². The van der Waals surface area contributed by atoms with Gasteiger partial charge in [-0.15, -0.1) is 0 Å². The molecule has 0 N–H and O–H groups in total. The Kier molecular flexibility index (Phi) is 4.58. The molecule has 0 radical (unpaired) electrons. The highest BCUT2D eigenvalue weighted by atomic mass is 16.7. The fraction of sp³-hybridized carbons (Fsp3) is 0.308. The summed E-state index contributed by atoms with van der Waals surface area (Å²) in [5, 5.41) is 0. The number of pyridine rings is 1. The Morgan fingerprint density at radius 3 is 2.47 bits per heavy atom. The van der Waals surface area contributed by atoms with Crippen LogP contribution in [0.1, 0.15) is 42.3 Å². The number of nitrogens with zero attached hydrogens (tertiary/aromatic N) is 1. The van der Waals surface area contributed by atoms with Crippen LogP contribution in [0.3, 0.4) is 0 Å². The van der Waals surface area contributed by atoms with E-state index in [0.29, 0.717) is 6.42 Å². The molecule has 1 fully saturated rings. The number of Topliss-reactive ketones (excluding diaryl/α,β-unsaturated/α-hetero) is 1. The van der Waals surface area contributed by atoms with Crippen LogP contribution in [0.25, 0.3) is 11.1 Å². The zero-order valence-corrected chi connectivity index (χ0v) is 17.4. The molecule has 0 unspecified atom stereocenters. The molecule has 4 heteroatoms. The van der Waals surface area contributed by atoms with Crippen LogP contribution in [-0.4, -0.2) is 17.6 Å². The Balaban J connectivity index is 1.35. The van der Waals surface area contributed by atoms with Crippen LogP contribution in [0.4, 0.5) is 0 Å². The lowest BCUT2D eigenvalue weighted by Crippen LogP contribution is -2.23. The highest BCUT2D eigenvalue weighted by Gasteiger charge is 2.50. The minimum absolute atomic E-state index is 0.230. The largest absolute Gasteiger partial charge is 0.454 e. The standard InChI is InChI=1S/C26H25NO3/c1-3-18-4-6-19(7-5-18)22-10-9-21(27-17(22)2)15-25(28)26(12-13-26)20-8-11-23-24(14-20)30-16-29-23/h4-11,14H,3,12-13,15-16H2,1-2H3. The first kappa shape index (κ1) is 18.9. The quantitative estimate of drug-likeness (QED) is 0.572. The number of carbonyl (C=O) groups excluding carboxylic acids is 1. The number of fused-ring (bicyclic) bond motifs is 1. The van der Waals surface area contributed by atoms with Crippen molar-refractivity contribution < 1.29 is 14.3 Å². The van der Waals surface area contributed by atoms with Gasteiger partial charge in [-0.05, 0) is 61.1 Å². The van der Waals surface area contributed by atoms with E-state index in [4.69, 9.17) is 14.5 Å². The number of rotatable bonds is 6. The van der Waals surface area contributed by atoms with Crippen molar-refractivity contribution in [2.45, 2.75) is 44.9 Å².